The van der Waals surface area contributed by atoms with Crippen LogP contribution in [0.4, 0.5) is 5.69 Å². The summed E-state index contributed by atoms with van der Waals surface area (Å²) in [7, 11) is 1.95. The average molecular weight is 370 g/mol. The Morgan fingerprint density at radius 3 is 2.73 bits per heavy atom. The van der Waals surface area contributed by atoms with E-state index in [2.05, 4.69) is 39.9 Å². The molecule has 2 atom stereocenters. The molecule has 0 amide bonds. The van der Waals surface area contributed by atoms with Gasteiger partial charge < -0.3 is 4.90 Å². The molecule has 1 saturated heterocycles. The number of fused-ring (bicyclic) bond motifs is 1. The maximum Gasteiger partial charge on any atom is 0.159 e. The molecule has 3 aromatic rings. The molecule has 26 heavy (non-hydrogen) atoms. The predicted molar refractivity (Wildman–Crippen MR) is 106 cm³/mol. The van der Waals surface area contributed by atoms with E-state index in [1.165, 1.54) is 16.9 Å². The molecule has 1 aliphatic heterocycles. The largest absolute Gasteiger partial charge is 0.371 e. The van der Waals surface area contributed by atoms with Crippen LogP contribution in [0.3, 0.4) is 0 Å². The van der Waals surface area contributed by atoms with Crippen molar-refractivity contribution in [3.8, 4) is 0 Å². The topological polar surface area (TPSA) is 46.8 Å². The summed E-state index contributed by atoms with van der Waals surface area (Å²) in [5.41, 5.74) is 5.61. The second-order valence-electron chi connectivity index (χ2n) is 7.46. The van der Waals surface area contributed by atoms with Crippen LogP contribution < -0.4 is 4.90 Å². The van der Waals surface area contributed by atoms with E-state index in [1.54, 1.807) is 6.20 Å². The number of piperidine rings is 1. The molecule has 5 nitrogen and oxygen atoms in total. The minimum Gasteiger partial charge on any atom is -0.371 e. The van der Waals surface area contributed by atoms with Crippen LogP contribution in [0.1, 0.15) is 36.2 Å². The van der Waals surface area contributed by atoms with E-state index in [4.69, 9.17) is 11.6 Å². The number of halogens is 1. The van der Waals surface area contributed by atoms with Gasteiger partial charge in [-0.25, -0.2) is 4.98 Å². The summed E-state index contributed by atoms with van der Waals surface area (Å²) in [4.78, 5) is 11.8. The van der Waals surface area contributed by atoms with Gasteiger partial charge in [-0.2, -0.15) is 5.10 Å². The van der Waals surface area contributed by atoms with Gasteiger partial charge in [-0.1, -0.05) is 18.5 Å². The SMILES string of the molecule is Cc1cc(N2CC[C@@H](c3ncc(Cl)cc3C)[C@H](C)C2)c2cnn(C)c2n1. The number of rotatable bonds is 2. The quantitative estimate of drug-likeness (QED) is 0.677. The molecule has 0 bridgehead atoms. The summed E-state index contributed by atoms with van der Waals surface area (Å²) in [6.07, 6.45) is 4.78. The summed E-state index contributed by atoms with van der Waals surface area (Å²) in [5.74, 6) is 0.979. The maximum atomic E-state index is 6.08. The fourth-order valence-corrected chi connectivity index (χ4v) is 4.40. The van der Waals surface area contributed by atoms with E-state index < -0.39 is 0 Å². The first-order valence-corrected chi connectivity index (χ1v) is 9.48. The lowest BCUT2D eigenvalue weighted by molar-refractivity contribution is 0.376. The van der Waals surface area contributed by atoms with Crippen LogP contribution in [0.25, 0.3) is 11.0 Å². The number of anilines is 1. The van der Waals surface area contributed by atoms with Crippen molar-refractivity contribution in [1.82, 2.24) is 19.7 Å². The van der Waals surface area contributed by atoms with Crippen molar-refractivity contribution in [3.63, 3.8) is 0 Å². The van der Waals surface area contributed by atoms with Gasteiger partial charge in [0.15, 0.2) is 5.65 Å². The third-order valence-corrected chi connectivity index (χ3v) is 5.70. The number of pyridine rings is 2. The first kappa shape index (κ1) is 17.3. The molecule has 0 aliphatic carbocycles. The van der Waals surface area contributed by atoms with Gasteiger partial charge in [0.2, 0.25) is 0 Å². The molecule has 4 heterocycles. The molecule has 0 aromatic carbocycles. The van der Waals surface area contributed by atoms with E-state index in [-0.39, 0.29) is 0 Å². The Morgan fingerprint density at radius 2 is 2.00 bits per heavy atom. The van der Waals surface area contributed by atoms with Crippen LogP contribution >= 0.6 is 11.6 Å². The Morgan fingerprint density at radius 1 is 1.19 bits per heavy atom. The fraction of sp³-hybridized carbons (Fsp3) is 0.450. The minimum absolute atomic E-state index is 0.468. The highest BCUT2D eigenvalue weighted by molar-refractivity contribution is 6.30. The molecular formula is C20H24ClN5. The predicted octanol–water partition coefficient (Wildman–Crippen LogP) is 4.26. The third-order valence-electron chi connectivity index (χ3n) is 5.49. The number of aromatic nitrogens is 4. The Hall–Kier alpha value is -2.14. The van der Waals surface area contributed by atoms with Crippen molar-refractivity contribution in [3.05, 3.63) is 46.5 Å². The summed E-state index contributed by atoms with van der Waals surface area (Å²) >= 11 is 6.08. The highest BCUT2D eigenvalue weighted by Crippen LogP contribution is 2.37. The van der Waals surface area contributed by atoms with E-state index in [0.29, 0.717) is 16.9 Å². The fourth-order valence-electron chi connectivity index (χ4n) is 4.19. The third kappa shape index (κ3) is 2.94. The zero-order valence-corrected chi connectivity index (χ0v) is 16.5. The highest BCUT2D eigenvalue weighted by Gasteiger charge is 2.30. The van der Waals surface area contributed by atoms with Gasteiger partial charge in [0.1, 0.15) is 0 Å². The number of hydrogen-bond acceptors (Lipinski definition) is 4. The second-order valence-corrected chi connectivity index (χ2v) is 7.90. The number of aryl methyl sites for hydroxylation is 3. The number of hydrogen-bond donors (Lipinski definition) is 0. The molecule has 6 heteroatoms. The lowest BCUT2D eigenvalue weighted by Gasteiger charge is -2.38. The van der Waals surface area contributed by atoms with Crippen LogP contribution in [-0.4, -0.2) is 32.8 Å². The van der Waals surface area contributed by atoms with Crippen molar-refractivity contribution in [2.75, 3.05) is 18.0 Å². The number of nitrogens with zero attached hydrogens (tertiary/aromatic N) is 5. The van der Waals surface area contributed by atoms with Gasteiger partial charge in [-0.15, -0.1) is 0 Å². The Bertz CT molecular complexity index is 964. The Kier molecular flexibility index (Phi) is 4.35. The summed E-state index contributed by atoms with van der Waals surface area (Å²) < 4.78 is 1.85. The summed E-state index contributed by atoms with van der Waals surface area (Å²) in [6.45, 7) is 8.49. The molecule has 0 saturated carbocycles. The summed E-state index contributed by atoms with van der Waals surface area (Å²) in [6, 6.07) is 4.21. The van der Waals surface area contributed by atoms with Crippen molar-refractivity contribution >= 4 is 28.3 Å². The Labute approximate surface area is 159 Å². The zero-order chi connectivity index (χ0) is 18.4. The van der Waals surface area contributed by atoms with Gasteiger partial charge in [-0.3, -0.25) is 9.67 Å². The maximum absolute atomic E-state index is 6.08. The van der Waals surface area contributed by atoms with E-state index in [9.17, 15) is 0 Å². The summed E-state index contributed by atoms with van der Waals surface area (Å²) in [5, 5.41) is 6.24. The minimum atomic E-state index is 0.468. The molecule has 1 aliphatic rings. The van der Waals surface area contributed by atoms with Crippen LogP contribution in [0.2, 0.25) is 5.02 Å². The second kappa shape index (κ2) is 6.54. The first-order valence-electron chi connectivity index (χ1n) is 9.10. The molecule has 4 rings (SSSR count). The molecule has 3 aromatic heterocycles. The van der Waals surface area contributed by atoms with E-state index in [1.807, 2.05) is 30.9 Å². The van der Waals surface area contributed by atoms with Crippen LogP contribution in [-0.2, 0) is 7.05 Å². The lowest BCUT2D eigenvalue weighted by atomic mass is 9.82. The van der Waals surface area contributed by atoms with Crippen LogP contribution in [0.15, 0.2) is 24.5 Å². The van der Waals surface area contributed by atoms with Crippen LogP contribution in [0.5, 0.6) is 0 Å². The highest BCUT2D eigenvalue weighted by atomic mass is 35.5. The molecule has 0 spiro atoms. The van der Waals surface area contributed by atoms with Gasteiger partial charge in [0.25, 0.3) is 0 Å². The molecule has 0 radical (unpaired) electrons. The molecule has 0 unspecified atom stereocenters. The molecular weight excluding hydrogens is 346 g/mol. The van der Waals surface area contributed by atoms with Crippen LogP contribution in [0, 0.1) is 19.8 Å². The molecule has 136 valence electrons. The van der Waals surface area contributed by atoms with Crippen molar-refractivity contribution in [2.24, 2.45) is 13.0 Å². The monoisotopic (exact) mass is 369 g/mol. The van der Waals surface area contributed by atoms with Gasteiger partial charge in [0.05, 0.1) is 22.3 Å². The van der Waals surface area contributed by atoms with Gasteiger partial charge in [-0.05, 0) is 43.9 Å². The normalized spacial score (nSPS) is 20.7. The standard InChI is InChI=1S/C20H24ClN5/c1-12-7-15(21)9-22-19(12)16-5-6-26(11-13(16)2)18-8-14(3)24-20-17(18)10-23-25(20)4/h7-10,13,16H,5-6,11H2,1-4H3/t13-,16-/m1/s1. The lowest BCUT2D eigenvalue weighted by Crippen LogP contribution is -2.39. The Balaban J connectivity index is 1.63. The van der Waals surface area contributed by atoms with Gasteiger partial charge >= 0.3 is 0 Å². The molecule has 1 fully saturated rings. The smallest absolute Gasteiger partial charge is 0.159 e. The van der Waals surface area contributed by atoms with E-state index >= 15 is 0 Å². The average Bonchev–Trinajstić information content (AvgIpc) is 2.96. The zero-order valence-electron chi connectivity index (χ0n) is 15.7. The molecule has 0 N–H and O–H groups in total. The van der Waals surface area contributed by atoms with Crippen molar-refractivity contribution in [1.29, 1.82) is 0 Å². The van der Waals surface area contributed by atoms with Crippen molar-refractivity contribution < 1.29 is 0 Å². The van der Waals surface area contributed by atoms with E-state index in [0.717, 1.165) is 36.2 Å². The van der Waals surface area contributed by atoms with Crippen molar-refractivity contribution in [2.45, 2.75) is 33.1 Å². The van der Waals surface area contributed by atoms with Gasteiger partial charge in [0, 0.05) is 43.6 Å². The first-order chi connectivity index (χ1) is 12.4.